The zero-order valence-electron chi connectivity index (χ0n) is 12.3. The highest BCUT2D eigenvalue weighted by Gasteiger charge is 2.20. The van der Waals surface area contributed by atoms with Gasteiger partial charge in [-0.3, -0.25) is 9.59 Å². The van der Waals surface area contributed by atoms with Crippen LogP contribution in [0.1, 0.15) is 37.6 Å². The molecule has 0 bridgehead atoms. The van der Waals surface area contributed by atoms with Gasteiger partial charge in [0.25, 0.3) is 5.91 Å². The minimum atomic E-state index is -1.05. The molecule has 0 spiro atoms. The van der Waals surface area contributed by atoms with Gasteiger partial charge in [-0.25, -0.2) is 4.39 Å². The van der Waals surface area contributed by atoms with Crippen molar-refractivity contribution in [2.24, 2.45) is 17.0 Å². The Morgan fingerprint density at radius 3 is 2.59 bits per heavy atom. The molecule has 0 aliphatic carbocycles. The first kappa shape index (κ1) is 18.5. The normalized spacial score (nSPS) is 11.9. The van der Waals surface area contributed by atoms with Crippen molar-refractivity contribution in [1.29, 1.82) is 0 Å². The fourth-order valence-corrected chi connectivity index (χ4v) is 2.99. The summed E-state index contributed by atoms with van der Waals surface area (Å²) in [6, 6.07) is 2.07. The van der Waals surface area contributed by atoms with Crippen molar-refractivity contribution in [3.8, 4) is 0 Å². The molecule has 1 amide bonds. The third-order valence-electron chi connectivity index (χ3n) is 2.83. The Bertz CT molecular complexity index is 645. The lowest BCUT2D eigenvalue weighted by atomic mass is 10.0. The summed E-state index contributed by atoms with van der Waals surface area (Å²) in [4.78, 5) is 26.2. The second-order valence-corrected chi connectivity index (χ2v) is 6.66. The summed E-state index contributed by atoms with van der Waals surface area (Å²) in [6.45, 7) is 5.82. The standard InChI is InChI=1S/C14H15ClFN3O2S/c1-7(2)4-8(3)14(21)22-12-5-9(13(20)18-19-17)11(16)6-10(12)15/h5-8H,4H2,1-3H3. The van der Waals surface area contributed by atoms with Crippen LogP contribution >= 0.6 is 23.4 Å². The number of carbonyl (C=O) groups is 2. The van der Waals surface area contributed by atoms with E-state index in [1.165, 1.54) is 0 Å². The van der Waals surface area contributed by atoms with Gasteiger partial charge in [0.05, 0.1) is 10.6 Å². The molecule has 5 nitrogen and oxygen atoms in total. The van der Waals surface area contributed by atoms with Gasteiger partial charge in [0.15, 0.2) is 5.12 Å². The Kier molecular flexibility index (Phi) is 6.87. The molecule has 22 heavy (non-hydrogen) atoms. The van der Waals surface area contributed by atoms with Gasteiger partial charge in [0, 0.05) is 15.7 Å². The molecule has 1 aromatic rings. The molecule has 0 aliphatic rings. The lowest BCUT2D eigenvalue weighted by molar-refractivity contribution is -0.114. The highest BCUT2D eigenvalue weighted by atomic mass is 35.5. The number of hydrogen-bond acceptors (Lipinski definition) is 3. The average molecular weight is 344 g/mol. The van der Waals surface area contributed by atoms with E-state index < -0.39 is 17.3 Å². The number of azide groups is 1. The summed E-state index contributed by atoms with van der Waals surface area (Å²) in [7, 11) is 0. The van der Waals surface area contributed by atoms with Crippen LogP contribution in [0.4, 0.5) is 4.39 Å². The van der Waals surface area contributed by atoms with E-state index in [1.807, 2.05) is 13.8 Å². The number of carbonyl (C=O) groups excluding carboxylic acids is 2. The summed E-state index contributed by atoms with van der Waals surface area (Å²) < 4.78 is 13.7. The van der Waals surface area contributed by atoms with Gasteiger partial charge in [-0.05, 0) is 35.1 Å². The molecule has 8 heteroatoms. The van der Waals surface area contributed by atoms with Gasteiger partial charge in [-0.2, -0.15) is 0 Å². The molecule has 0 N–H and O–H groups in total. The quantitative estimate of drug-likeness (QED) is 0.317. The molecular formula is C14H15ClFN3O2S. The van der Waals surface area contributed by atoms with Crippen LogP contribution in [0.5, 0.6) is 0 Å². The first-order valence-corrected chi connectivity index (χ1v) is 7.75. The highest BCUT2D eigenvalue weighted by molar-refractivity contribution is 8.13. The highest BCUT2D eigenvalue weighted by Crippen LogP contribution is 2.33. The smallest absolute Gasteiger partial charge is 0.252 e. The predicted molar refractivity (Wildman–Crippen MR) is 84.4 cm³/mol. The molecule has 0 aromatic heterocycles. The van der Waals surface area contributed by atoms with E-state index in [9.17, 15) is 14.0 Å². The van der Waals surface area contributed by atoms with Crippen molar-refractivity contribution in [2.45, 2.75) is 32.1 Å². The number of thioether (sulfide) groups is 1. The Balaban J connectivity index is 3.05. The molecule has 1 atom stereocenters. The molecule has 0 fully saturated rings. The summed E-state index contributed by atoms with van der Waals surface area (Å²) >= 11 is 6.76. The Morgan fingerprint density at radius 2 is 2.05 bits per heavy atom. The monoisotopic (exact) mass is 343 g/mol. The number of nitrogens with zero attached hydrogens (tertiary/aromatic N) is 3. The zero-order valence-corrected chi connectivity index (χ0v) is 13.9. The van der Waals surface area contributed by atoms with Crippen molar-refractivity contribution >= 4 is 34.4 Å². The van der Waals surface area contributed by atoms with Crippen LogP contribution in [-0.2, 0) is 4.79 Å². The number of amides is 1. The van der Waals surface area contributed by atoms with Crippen LogP contribution in [-0.4, -0.2) is 11.0 Å². The predicted octanol–water partition coefficient (Wildman–Crippen LogP) is 5.23. The van der Waals surface area contributed by atoms with E-state index in [0.29, 0.717) is 5.92 Å². The number of halogens is 2. The summed E-state index contributed by atoms with van der Waals surface area (Å²) in [5, 5.41) is 2.76. The molecule has 0 aliphatic heterocycles. The minimum absolute atomic E-state index is 0.0325. The molecule has 0 radical (unpaired) electrons. The van der Waals surface area contributed by atoms with Crippen LogP contribution in [0.2, 0.25) is 5.02 Å². The van der Waals surface area contributed by atoms with Gasteiger partial charge in [-0.1, -0.05) is 44.1 Å². The first-order valence-electron chi connectivity index (χ1n) is 6.56. The van der Waals surface area contributed by atoms with Crippen LogP contribution in [0.15, 0.2) is 22.1 Å². The Hall–Kier alpha value is -1.56. The van der Waals surface area contributed by atoms with E-state index in [0.717, 1.165) is 30.3 Å². The van der Waals surface area contributed by atoms with Crippen LogP contribution in [0.25, 0.3) is 10.4 Å². The average Bonchev–Trinajstić information content (AvgIpc) is 2.40. The molecule has 0 saturated heterocycles. The maximum Gasteiger partial charge on any atom is 0.252 e. The van der Waals surface area contributed by atoms with Crippen LogP contribution < -0.4 is 0 Å². The third-order valence-corrected chi connectivity index (χ3v) is 4.41. The maximum absolute atomic E-state index is 13.7. The SMILES string of the molecule is CC(C)CC(C)C(=O)Sc1cc(C(=O)N=[N+]=[N-])c(F)cc1Cl. The van der Waals surface area contributed by atoms with Crippen molar-refractivity contribution in [3.05, 3.63) is 39.0 Å². The van der Waals surface area contributed by atoms with Gasteiger partial charge < -0.3 is 0 Å². The molecule has 1 unspecified atom stereocenters. The molecule has 118 valence electrons. The molecule has 0 heterocycles. The summed E-state index contributed by atoms with van der Waals surface area (Å²) in [5.41, 5.74) is 7.84. The van der Waals surface area contributed by atoms with Gasteiger partial charge in [0.2, 0.25) is 0 Å². The van der Waals surface area contributed by atoms with Crippen LogP contribution in [0.3, 0.4) is 0 Å². The van der Waals surface area contributed by atoms with E-state index in [-0.39, 0.29) is 21.0 Å². The van der Waals surface area contributed by atoms with Crippen molar-refractivity contribution < 1.29 is 14.0 Å². The van der Waals surface area contributed by atoms with Crippen LogP contribution in [0, 0.1) is 17.7 Å². The molecule has 0 saturated carbocycles. The topological polar surface area (TPSA) is 82.9 Å². The van der Waals surface area contributed by atoms with Crippen molar-refractivity contribution in [2.75, 3.05) is 0 Å². The van der Waals surface area contributed by atoms with E-state index >= 15 is 0 Å². The molecule has 1 rings (SSSR count). The van der Waals surface area contributed by atoms with Crippen molar-refractivity contribution in [3.63, 3.8) is 0 Å². The lowest BCUT2D eigenvalue weighted by Gasteiger charge is -2.13. The third kappa shape index (κ3) is 5.02. The number of rotatable bonds is 5. The Labute approximate surface area is 136 Å². The number of benzene rings is 1. The maximum atomic E-state index is 13.7. The van der Waals surface area contributed by atoms with Gasteiger partial charge in [-0.15, -0.1) is 0 Å². The Morgan fingerprint density at radius 1 is 1.41 bits per heavy atom. The minimum Gasteiger partial charge on any atom is -0.287 e. The van der Waals surface area contributed by atoms with E-state index in [4.69, 9.17) is 17.1 Å². The summed E-state index contributed by atoms with van der Waals surface area (Å²) in [5.74, 6) is -1.77. The second kappa shape index (κ2) is 8.17. The zero-order chi connectivity index (χ0) is 16.9. The summed E-state index contributed by atoms with van der Waals surface area (Å²) in [6.07, 6.45) is 0.717. The fraction of sp³-hybridized carbons (Fsp3) is 0.429. The van der Waals surface area contributed by atoms with Gasteiger partial charge in [0.1, 0.15) is 5.82 Å². The second-order valence-electron chi connectivity index (χ2n) is 5.21. The first-order chi connectivity index (χ1) is 10.3. The largest absolute Gasteiger partial charge is 0.287 e. The molecule has 1 aromatic carbocycles. The number of hydrogen-bond donors (Lipinski definition) is 0. The fourth-order valence-electron chi connectivity index (χ4n) is 1.88. The van der Waals surface area contributed by atoms with E-state index in [1.54, 1.807) is 6.92 Å². The lowest BCUT2D eigenvalue weighted by Crippen LogP contribution is -2.10. The van der Waals surface area contributed by atoms with Crippen molar-refractivity contribution in [1.82, 2.24) is 0 Å². The van der Waals surface area contributed by atoms with E-state index in [2.05, 4.69) is 10.0 Å². The molecular weight excluding hydrogens is 329 g/mol. The van der Waals surface area contributed by atoms with Gasteiger partial charge >= 0.3 is 0 Å².